The Bertz CT molecular complexity index is 1510. The average molecular weight is 468 g/mol. The number of aromatic amines is 1. The number of H-pyrrole nitrogens is 1. The van der Waals surface area contributed by atoms with Crippen molar-refractivity contribution in [3.63, 3.8) is 0 Å². The standard InChI is InChI=1S/C25H25N9O/c1-15-24(16(2)33(31-15)17-4-3-8-26-11-17)22-10-23(32-13-18-5-6-19(14-32)35-18)29-25-20(12-28-34(22)25)21-7-9-27-30-21/h3-4,7-12,18-19H,5-6,13-14H2,1-2H3,(H,27,30). The summed E-state index contributed by atoms with van der Waals surface area (Å²) in [4.78, 5) is 11.7. The van der Waals surface area contributed by atoms with Crippen LogP contribution in [0.3, 0.4) is 0 Å². The van der Waals surface area contributed by atoms with Crippen LogP contribution in [0.2, 0.25) is 0 Å². The molecule has 10 nitrogen and oxygen atoms in total. The van der Waals surface area contributed by atoms with Gasteiger partial charge in [0, 0.05) is 37.1 Å². The zero-order valence-electron chi connectivity index (χ0n) is 19.6. The summed E-state index contributed by atoms with van der Waals surface area (Å²) >= 11 is 0. The lowest BCUT2D eigenvalue weighted by Crippen LogP contribution is -2.43. The van der Waals surface area contributed by atoms with Gasteiger partial charge in [0.1, 0.15) is 5.82 Å². The number of aryl methyl sites for hydroxylation is 1. The molecule has 7 rings (SSSR count). The van der Waals surface area contributed by atoms with Crippen molar-refractivity contribution >= 4 is 11.5 Å². The van der Waals surface area contributed by atoms with Gasteiger partial charge in [-0.2, -0.15) is 15.3 Å². The molecule has 10 heteroatoms. The van der Waals surface area contributed by atoms with Gasteiger partial charge in [-0.3, -0.25) is 10.1 Å². The van der Waals surface area contributed by atoms with Crippen LogP contribution in [-0.2, 0) is 4.74 Å². The van der Waals surface area contributed by atoms with E-state index in [1.807, 2.05) is 46.7 Å². The first-order valence-corrected chi connectivity index (χ1v) is 11.9. The Morgan fingerprint density at radius 2 is 1.91 bits per heavy atom. The van der Waals surface area contributed by atoms with Crippen molar-refractivity contribution in [2.75, 3.05) is 18.0 Å². The van der Waals surface area contributed by atoms with Gasteiger partial charge in [-0.15, -0.1) is 0 Å². The second-order valence-corrected chi connectivity index (χ2v) is 9.29. The Morgan fingerprint density at radius 1 is 1.06 bits per heavy atom. The first kappa shape index (κ1) is 20.3. The zero-order valence-corrected chi connectivity index (χ0v) is 19.6. The minimum absolute atomic E-state index is 0.268. The first-order chi connectivity index (χ1) is 17.2. The molecule has 0 amide bonds. The minimum atomic E-state index is 0.268. The van der Waals surface area contributed by atoms with Crippen LogP contribution in [0.15, 0.2) is 49.1 Å². The maximum Gasteiger partial charge on any atom is 0.167 e. The van der Waals surface area contributed by atoms with Crippen LogP contribution in [0.4, 0.5) is 5.82 Å². The summed E-state index contributed by atoms with van der Waals surface area (Å²) in [5.41, 5.74) is 7.45. The summed E-state index contributed by atoms with van der Waals surface area (Å²) in [5.74, 6) is 0.932. The Hall–Kier alpha value is -4.05. The molecule has 35 heavy (non-hydrogen) atoms. The molecule has 7 heterocycles. The Morgan fingerprint density at radius 3 is 2.66 bits per heavy atom. The largest absolute Gasteiger partial charge is 0.371 e. The van der Waals surface area contributed by atoms with E-state index in [4.69, 9.17) is 19.9 Å². The van der Waals surface area contributed by atoms with Gasteiger partial charge < -0.3 is 9.64 Å². The highest BCUT2D eigenvalue weighted by Gasteiger charge is 2.35. The van der Waals surface area contributed by atoms with Crippen molar-refractivity contribution < 1.29 is 4.74 Å². The second kappa shape index (κ2) is 7.74. The van der Waals surface area contributed by atoms with E-state index in [1.165, 1.54) is 0 Å². The molecule has 2 fully saturated rings. The maximum absolute atomic E-state index is 6.09. The molecule has 2 saturated heterocycles. The SMILES string of the molecule is Cc1nn(-c2cccnc2)c(C)c1-c1cc(N2CC3CCC(C2)O3)nc2c(-c3ccn[nH]3)cnn12. The normalized spacial score (nSPS) is 19.7. The van der Waals surface area contributed by atoms with E-state index in [1.54, 1.807) is 12.4 Å². The minimum Gasteiger partial charge on any atom is -0.371 e. The molecule has 176 valence electrons. The summed E-state index contributed by atoms with van der Waals surface area (Å²) in [5, 5.41) is 16.8. The molecule has 2 aliphatic heterocycles. The van der Waals surface area contributed by atoms with Crippen LogP contribution in [0.1, 0.15) is 24.2 Å². The lowest BCUT2D eigenvalue weighted by molar-refractivity contribution is 0.0302. The highest BCUT2D eigenvalue weighted by molar-refractivity contribution is 5.80. The number of fused-ring (bicyclic) bond motifs is 3. The second-order valence-electron chi connectivity index (χ2n) is 9.29. The lowest BCUT2D eigenvalue weighted by Gasteiger charge is -2.33. The van der Waals surface area contributed by atoms with Crippen LogP contribution in [0.5, 0.6) is 0 Å². The summed E-state index contributed by atoms with van der Waals surface area (Å²) in [7, 11) is 0. The number of pyridine rings is 1. The predicted octanol–water partition coefficient (Wildman–Crippen LogP) is 3.35. The maximum atomic E-state index is 6.09. The van der Waals surface area contributed by atoms with Gasteiger partial charge in [-0.1, -0.05) is 0 Å². The summed E-state index contributed by atoms with van der Waals surface area (Å²) in [6.07, 6.45) is 9.94. The molecule has 1 N–H and O–H groups in total. The van der Waals surface area contributed by atoms with Crippen LogP contribution in [0.25, 0.3) is 33.8 Å². The summed E-state index contributed by atoms with van der Waals surface area (Å²) in [6, 6.07) is 8.02. The number of morpholine rings is 1. The molecule has 5 aromatic heterocycles. The van der Waals surface area contributed by atoms with E-state index in [-0.39, 0.29) is 12.2 Å². The Kier molecular flexibility index (Phi) is 4.50. The predicted molar refractivity (Wildman–Crippen MR) is 131 cm³/mol. The Labute approximate surface area is 201 Å². The van der Waals surface area contributed by atoms with E-state index in [0.717, 1.165) is 77.0 Å². The zero-order chi connectivity index (χ0) is 23.5. The Balaban J connectivity index is 1.44. The number of hydrogen-bond acceptors (Lipinski definition) is 7. The first-order valence-electron chi connectivity index (χ1n) is 11.9. The molecule has 0 saturated carbocycles. The molecule has 0 aliphatic carbocycles. The fraction of sp³-hybridized carbons (Fsp3) is 0.320. The third-order valence-corrected chi connectivity index (χ3v) is 7.05. The molecule has 2 bridgehead atoms. The summed E-state index contributed by atoms with van der Waals surface area (Å²) < 4.78 is 9.95. The third-order valence-electron chi connectivity index (χ3n) is 7.05. The number of hydrogen-bond donors (Lipinski definition) is 1. The van der Waals surface area contributed by atoms with Crippen molar-refractivity contribution in [1.82, 2.24) is 39.6 Å². The lowest BCUT2D eigenvalue weighted by atomic mass is 10.1. The van der Waals surface area contributed by atoms with Crippen molar-refractivity contribution in [2.24, 2.45) is 0 Å². The molecule has 2 aliphatic rings. The molecule has 2 atom stereocenters. The van der Waals surface area contributed by atoms with Crippen LogP contribution >= 0.6 is 0 Å². The number of nitrogens with zero attached hydrogens (tertiary/aromatic N) is 8. The van der Waals surface area contributed by atoms with Gasteiger partial charge in [0.05, 0.1) is 58.6 Å². The van der Waals surface area contributed by atoms with E-state index in [0.29, 0.717) is 0 Å². The average Bonchev–Trinajstić information content (AvgIpc) is 3.66. The van der Waals surface area contributed by atoms with Crippen molar-refractivity contribution in [3.05, 3.63) is 60.4 Å². The van der Waals surface area contributed by atoms with E-state index in [9.17, 15) is 0 Å². The topological polar surface area (TPSA) is 102 Å². The summed E-state index contributed by atoms with van der Waals surface area (Å²) in [6.45, 7) is 5.82. The third kappa shape index (κ3) is 3.24. The van der Waals surface area contributed by atoms with Gasteiger partial charge in [0.15, 0.2) is 5.65 Å². The monoisotopic (exact) mass is 467 g/mol. The highest BCUT2D eigenvalue weighted by atomic mass is 16.5. The van der Waals surface area contributed by atoms with Crippen LogP contribution < -0.4 is 4.90 Å². The van der Waals surface area contributed by atoms with Crippen molar-refractivity contribution in [2.45, 2.75) is 38.9 Å². The van der Waals surface area contributed by atoms with E-state index >= 15 is 0 Å². The van der Waals surface area contributed by atoms with Crippen molar-refractivity contribution in [3.8, 4) is 28.2 Å². The van der Waals surface area contributed by atoms with Crippen LogP contribution in [-0.4, -0.2) is 64.9 Å². The molecule has 0 spiro atoms. The smallest absolute Gasteiger partial charge is 0.167 e. The molecule has 5 aromatic rings. The molecule has 0 radical (unpaired) electrons. The fourth-order valence-electron chi connectivity index (χ4n) is 5.43. The van der Waals surface area contributed by atoms with Crippen LogP contribution in [0, 0.1) is 13.8 Å². The van der Waals surface area contributed by atoms with E-state index in [2.05, 4.69) is 33.1 Å². The molecule has 0 aromatic carbocycles. The number of ether oxygens (including phenoxy) is 1. The number of anilines is 1. The van der Waals surface area contributed by atoms with Gasteiger partial charge in [0.25, 0.3) is 0 Å². The quantitative estimate of drug-likeness (QED) is 0.432. The van der Waals surface area contributed by atoms with Crippen molar-refractivity contribution in [1.29, 1.82) is 0 Å². The number of rotatable bonds is 4. The fourth-order valence-corrected chi connectivity index (χ4v) is 5.43. The van der Waals surface area contributed by atoms with Gasteiger partial charge in [0.2, 0.25) is 0 Å². The van der Waals surface area contributed by atoms with Gasteiger partial charge in [-0.25, -0.2) is 14.2 Å². The number of nitrogens with one attached hydrogen (secondary N) is 1. The van der Waals surface area contributed by atoms with Gasteiger partial charge >= 0.3 is 0 Å². The molecule has 2 unspecified atom stereocenters. The van der Waals surface area contributed by atoms with E-state index < -0.39 is 0 Å². The highest BCUT2D eigenvalue weighted by Crippen LogP contribution is 2.35. The number of aromatic nitrogens is 8. The molecular weight excluding hydrogens is 442 g/mol. The molecular formula is C25H25N9O. The van der Waals surface area contributed by atoms with Gasteiger partial charge in [-0.05, 0) is 44.9 Å².